The number of aromatic hydroxyl groups is 1. The second-order valence-corrected chi connectivity index (χ2v) is 6.01. The molecule has 1 aromatic heterocycles. The summed E-state index contributed by atoms with van der Waals surface area (Å²) < 4.78 is 5.42. The van der Waals surface area contributed by atoms with Crippen molar-refractivity contribution in [1.82, 2.24) is 15.0 Å². The van der Waals surface area contributed by atoms with Crippen LogP contribution in [0.1, 0.15) is 24.8 Å². The van der Waals surface area contributed by atoms with Gasteiger partial charge in [0, 0.05) is 12.1 Å². The first-order valence-electron chi connectivity index (χ1n) is 7.96. The van der Waals surface area contributed by atoms with Crippen molar-refractivity contribution in [3.05, 3.63) is 42.3 Å². The summed E-state index contributed by atoms with van der Waals surface area (Å²) in [6.07, 6.45) is 1.70. The molecule has 8 heteroatoms. The molecule has 1 atom stereocenters. The summed E-state index contributed by atoms with van der Waals surface area (Å²) in [7, 11) is 0. The fourth-order valence-electron chi connectivity index (χ4n) is 3.22. The van der Waals surface area contributed by atoms with Crippen LogP contribution in [0.5, 0.6) is 5.75 Å². The molecule has 0 radical (unpaired) electrons. The number of rotatable bonds is 2. The lowest BCUT2D eigenvalue weighted by molar-refractivity contribution is 0.263. The third-order valence-corrected chi connectivity index (χ3v) is 4.46. The molecule has 4 rings (SSSR count). The number of likely N-dealkylation sites (tertiary alicyclic amines) is 1. The zero-order valence-electron chi connectivity index (χ0n) is 13.3. The fourth-order valence-corrected chi connectivity index (χ4v) is 3.22. The highest BCUT2D eigenvalue weighted by atomic mass is 16.5. The van der Waals surface area contributed by atoms with E-state index in [0.717, 1.165) is 29.2 Å². The molecule has 2 heterocycles. The number of phenols is 1. The van der Waals surface area contributed by atoms with Gasteiger partial charge in [-0.1, -0.05) is 28.5 Å². The van der Waals surface area contributed by atoms with Gasteiger partial charge in [0.05, 0.1) is 0 Å². The van der Waals surface area contributed by atoms with Crippen LogP contribution in [0.15, 0.2) is 46.1 Å². The van der Waals surface area contributed by atoms with Crippen molar-refractivity contribution < 1.29 is 14.8 Å². The minimum atomic E-state index is -0.186. The monoisotopic (exact) mass is 339 g/mol. The summed E-state index contributed by atoms with van der Waals surface area (Å²) in [6, 6.07) is 10.7. The van der Waals surface area contributed by atoms with E-state index >= 15 is 0 Å². The SMILES string of the molecule is N/C(=N\O)N1CCC[C@H]1c1nc(-c2ccc3cc(O)ccc3c2)no1. The van der Waals surface area contributed by atoms with Crippen LogP contribution in [0.25, 0.3) is 22.2 Å². The van der Waals surface area contributed by atoms with Crippen LogP contribution in [0.4, 0.5) is 0 Å². The molecular weight excluding hydrogens is 322 g/mol. The molecule has 0 saturated carbocycles. The summed E-state index contributed by atoms with van der Waals surface area (Å²) in [5.41, 5.74) is 6.53. The second-order valence-electron chi connectivity index (χ2n) is 6.01. The molecule has 0 amide bonds. The van der Waals surface area contributed by atoms with Gasteiger partial charge in [-0.25, -0.2) is 0 Å². The van der Waals surface area contributed by atoms with E-state index in [-0.39, 0.29) is 17.8 Å². The lowest BCUT2D eigenvalue weighted by atomic mass is 10.1. The number of fused-ring (bicyclic) bond motifs is 1. The van der Waals surface area contributed by atoms with E-state index in [1.807, 2.05) is 24.3 Å². The summed E-state index contributed by atoms with van der Waals surface area (Å²) in [5, 5.41) is 27.5. The van der Waals surface area contributed by atoms with Crippen molar-refractivity contribution in [1.29, 1.82) is 0 Å². The van der Waals surface area contributed by atoms with E-state index in [4.69, 9.17) is 15.5 Å². The first kappa shape index (κ1) is 15.3. The molecule has 4 N–H and O–H groups in total. The Morgan fingerprint density at radius 2 is 2.04 bits per heavy atom. The van der Waals surface area contributed by atoms with Crippen LogP contribution in [-0.2, 0) is 0 Å². The molecule has 0 bridgehead atoms. The Balaban J connectivity index is 1.66. The summed E-state index contributed by atoms with van der Waals surface area (Å²) >= 11 is 0. The number of phenolic OH excluding ortho intramolecular Hbond substituents is 1. The zero-order chi connectivity index (χ0) is 17.4. The number of oxime groups is 1. The van der Waals surface area contributed by atoms with E-state index < -0.39 is 0 Å². The molecule has 25 heavy (non-hydrogen) atoms. The number of benzene rings is 2. The van der Waals surface area contributed by atoms with Gasteiger partial charge in [-0.2, -0.15) is 4.98 Å². The maximum Gasteiger partial charge on any atom is 0.249 e. The topological polar surface area (TPSA) is 121 Å². The molecule has 0 aliphatic carbocycles. The highest BCUT2D eigenvalue weighted by Crippen LogP contribution is 2.32. The lowest BCUT2D eigenvalue weighted by Crippen LogP contribution is -2.36. The maximum atomic E-state index is 9.55. The van der Waals surface area contributed by atoms with Gasteiger partial charge in [-0.05, 0) is 41.8 Å². The molecule has 2 aromatic carbocycles. The van der Waals surface area contributed by atoms with Crippen molar-refractivity contribution in [2.45, 2.75) is 18.9 Å². The van der Waals surface area contributed by atoms with E-state index in [1.54, 1.807) is 17.0 Å². The quantitative estimate of drug-likeness (QED) is 0.284. The number of aromatic nitrogens is 2. The van der Waals surface area contributed by atoms with Gasteiger partial charge in [0.15, 0.2) is 0 Å². The molecule has 1 aliphatic heterocycles. The van der Waals surface area contributed by atoms with Gasteiger partial charge >= 0.3 is 0 Å². The van der Waals surface area contributed by atoms with Crippen molar-refractivity contribution in [3.8, 4) is 17.1 Å². The third-order valence-electron chi connectivity index (χ3n) is 4.46. The van der Waals surface area contributed by atoms with E-state index in [1.165, 1.54) is 0 Å². The standard InChI is InChI=1S/C17H17N5O3/c18-17(20-24)22-7-1-2-14(22)16-19-15(21-25-16)12-4-3-11-9-13(23)6-5-10(11)8-12/h3-6,8-9,14,23-24H,1-2,7H2,(H2,18,20)/t14-/m0/s1. The molecule has 1 saturated heterocycles. The first-order chi connectivity index (χ1) is 12.2. The second kappa shape index (κ2) is 5.97. The highest BCUT2D eigenvalue weighted by molar-refractivity contribution is 5.87. The number of nitrogens with two attached hydrogens (primary N) is 1. The summed E-state index contributed by atoms with van der Waals surface area (Å²) in [5.74, 6) is 1.21. The van der Waals surface area contributed by atoms with E-state index in [9.17, 15) is 5.11 Å². The van der Waals surface area contributed by atoms with Crippen molar-refractivity contribution >= 4 is 16.7 Å². The summed E-state index contributed by atoms with van der Waals surface area (Å²) in [4.78, 5) is 6.24. The maximum absolute atomic E-state index is 9.55. The largest absolute Gasteiger partial charge is 0.508 e. The Morgan fingerprint density at radius 1 is 1.24 bits per heavy atom. The zero-order valence-corrected chi connectivity index (χ0v) is 13.3. The molecule has 0 unspecified atom stereocenters. The molecule has 1 fully saturated rings. The van der Waals surface area contributed by atoms with Gasteiger partial charge in [-0.3, -0.25) is 0 Å². The first-order valence-corrected chi connectivity index (χ1v) is 7.96. The van der Waals surface area contributed by atoms with Gasteiger partial charge in [0.1, 0.15) is 11.8 Å². The summed E-state index contributed by atoms with van der Waals surface area (Å²) in [6.45, 7) is 0.678. The normalized spacial score (nSPS) is 18.2. The third kappa shape index (κ3) is 2.71. The number of hydrogen-bond donors (Lipinski definition) is 3. The van der Waals surface area contributed by atoms with Gasteiger partial charge in [-0.15, -0.1) is 0 Å². The van der Waals surface area contributed by atoms with E-state index in [2.05, 4.69) is 15.3 Å². The van der Waals surface area contributed by atoms with Crippen molar-refractivity contribution in [2.24, 2.45) is 10.9 Å². The smallest absolute Gasteiger partial charge is 0.249 e. The van der Waals surface area contributed by atoms with Crippen LogP contribution in [0, 0.1) is 0 Å². The van der Waals surface area contributed by atoms with Gasteiger partial charge < -0.3 is 25.5 Å². The predicted molar refractivity (Wildman–Crippen MR) is 91.0 cm³/mol. The minimum Gasteiger partial charge on any atom is -0.508 e. The average Bonchev–Trinajstić information content (AvgIpc) is 3.29. The molecule has 0 spiro atoms. The molecule has 128 valence electrons. The van der Waals surface area contributed by atoms with Crippen molar-refractivity contribution in [2.75, 3.05) is 6.54 Å². The van der Waals surface area contributed by atoms with Gasteiger partial charge in [0.25, 0.3) is 0 Å². The predicted octanol–water partition coefficient (Wildman–Crippen LogP) is 2.44. The number of guanidine groups is 1. The van der Waals surface area contributed by atoms with Crippen molar-refractivity contribution in [3.63, 3.8) is 0 Å². The molecule has 1 aliphatic rings. The van der Waals surface area contributed by atoms with Crippen LogP contribution in [0.2, 0.25) is 0 Å². The average molecular weight is 339 g/mol. The number of nitrogens with zero attached hydrogens (tertiary/aromatic N) is 4. The Labute approximate surface area is 143 Å². The Hall–Kier alpha value is -3.29. The lowest BCUT2D eigenvalue weighted by Gasteiger charge is -2.21. The molecule has 8 nitrogen and oxygen atoms in total. The van der Waals surface area contributed by atoms with Crippen LogP contribution < -0.4 is 5.73 Å². The van der Waals surface area contributed by atoms with Crippen LogP contribution >= 0.6 is 0 Å². The Morgan fingerprint density at radius 3 is 2.88 bits per heavy atom. The highest BCUT2D eigenvalue weighted by Gasteiger charge is 2.32. The minimum absolute atomic E-state index is 0.0489. The van der Waals surface area contributed by atoms with Gasteiger partial charge in [0.2, 0.25) is 17.7 Å². The van der Waals surface area contributed by atoms with Crippen LogP contribution in [0.3, 0.4) is 0 Å². The van der Waals surface area contributed by atoms with Crippen LogP contribution in [-0.4, -0.2) is 37.9 Å². The fraction of sp³-hybridized carbons (Fsp3) is 0.235. The Kier molecular flexibility index (Phi) is 3.64. The molecule has 3 aromatic rings. The van der Waals surface area contributed by atoms with E-state index in [0.29, 0.717) is 18.3 Å². The Bertz CT molecular complexity index is 952. The molecular formula is C17H17N5O3. The number of hydrogen-bond acceptors (Lipinski definition) is 6.